The lowest BCUT2D eigenvalue weighted by atomic mass is 9.44. The van der Waals surface area contributed by atoms with E-state index in [-0.39, 0.29) is 38.1 Å². The van der Waals surface area contributed by atoms with Gasteiger partial charge in [0.05, 0.1) is 18.6 Å². The Hall–Kier alpha value is -4.01. The molecule has 0 radical (unpaired) electrons. The third-order valence-electron chi connectivity index (χ3n) is 10.8. The van der Waals surface area contributed by atoms with Crippen LogP contribution in [-0.4, -0.2) is 80.5 Å². The summed E-state index contributed by atoms with van der Waals surface area (Å²) in [5.41, 5.74) is -5.88. The Balaban J connectivity index is 1.21. The number of nitrogens with zero attached hydrogens (tertiary/aromatic N) is 1. The number of halogens is 1. The largest absolute Gasteiger partial charge is 0.456 e. The summed E-state index contributed by atoms with van der Waals surface area (Å²) in [5, 5.41) is 46.1. The number of rotatable bonds is 10. The van der Waals surface area contributed by atoms with E-state index in [0.29, 0.717) is 23.1 Å². The molecule has 14 heteroatoms. The van der Waals surface area contributed by atoms with Crippen molar-refractivity contribution >= 4 is 23.4 Å². The molecule has 0 bridgehead atoms. The average Bonchev–Trinajstić information content (AvgIpc) is 3.20. The molecule has 5 rings (SSSR count). The highest BCUT2D eigenvalue weighted by molar-refractivity contribution is 6.01. The summed E-state index contributed by atoms with van der Waals surface area (Å²) in [6.45, 7) is 1.33. The molecule has 0 heterocycles. The quantitative estimate of drug-likeness (QED) is 0.162. The van der Waals surface area contributed by atoms with Crippen molar-refractivity contribution in [3.8, 4) is 0 Å². The molecule has 1 aromatic carbocycles. The summed E-state index contributed by atoms with van der Waals surface area (Å²) < 4.78 is 22.3. The molecule has 1 aromatic rings. The second kappa shape index (κ2) is 12.0. The molecule has 248 valence electrons. The van der Waals surface area contributed by atoms with Crippen LogP contribution >= 0.6 is 0 Å². The number of hydrogen-bond acceptors (Lipinski definition) is 11. The van der Waals surface area contributed by atoms with Crippen molar-refractivity contribution < 1.29 is 53.5 Å². The molecule has 8 atom stereocenters. The van der Waals surface area contributed by atoms with Gasteiger partial charge in [-0.1, -0.05) is 42.8 Å². The number of aliphatic hydroxyl groups is 3. The van der Waals surface area contributed by atoms with Crippen LogP contribution in [0, 0.1) is 32.8 Å². The van der Waals surface area contributed by atoms with Crippen LogP contribution in [-0.2, 0) is 41.8 Å². The van der Waals surface area contributed by atoms with Gasteiger partial charge >= 0.3 is 5.97 Å². The first-order valence-electron chi connectivity index (χ1n) is 15.1. The number of carbonyl (C=O) groups is 4. The Morgan fingerprint density at radius 2 is 1.87 bits per heavy atom. The smallest absolute Gasteiger partial charge is 0.325 e. The number of nitrogens with one attached hydrogen (secondary N) is 1. The van der Waals surface area contributed by atoms with E-state index in [9.17, 15) is 44.6 Å². The lowest BCUT2D eigenvalue weighted by Gasteiger charge is -2.62. The van der Waals surface area contributed by atoms with Crippen molar-refractivity contribution in [2.45, 2.75) is 76.0 Å². The lowest BCUT2D eigenvalue weighted by molar-refractivity contribution is -0.763. The number of hydrogen-bond donors (Lipinski definition) is 4. The summed E-state index contributed by atoms with van der Waals surface area (Å²) in [6, 6.07) is 6.32. The minimum Gasteiger partial charge on any atom is -0.456 e. The highest BCUT2D eigenvalue weighted by Gasteiger charge is 2.76. The number of amides is 1. The van der Waals surface area contributed by atoms with E-state index in [1.165, 1.54) is 31.2 Å². The number of aliphatic hydroxyl groups excluding tert-OH is 2. The van der Waals surface area contributed by atoms with Crippen LogP contribution in [0.4, 0.5) is 4.39 Å². The maximum absolute atomic E-state index is 17.2. The maximum Gasteiger partial charge on any atom is 0.325 e. The molecule has 0 saturated heterocycles. The van der Waals surface area contributed by atoms with E-state index in [1.807, 2.05) is 0 Å². The Bertz CT molecular complexity index is 1530. The number of fused-ring (bicyclic) bond motifs is 5. The summed E-state index contributed by atoms with van der Waals surface area (Å²) in [6.07, 6.45) is 0.852. The lowest BCUT2D eigenvalue weighted by Crippen LogP contribution is -2.69. The molecule has 1 amide bonds. The number of allylic oxidation sites excluding steroid dienone is 4. The van der Waals surface area contributed by atoms with E-state index in [2.05, 4.69) is 10.2 Å². The Kier molecular flexibility index (Phi) is 8.68. The first-order chi connectivity index (χ1) is 21.6. The van der Waals surface area contributed by atoms with Crippen LogP contribution in [0.15, 0.2) is 48.1 Å². The monoisotopic (exact) mass is 644 g/mol. The average molecular weight is 645 g/mol. The molecule has 0 unspecified atom stereocenters. The second-order valence-electron chi connectivity index (χ2n) is 13.1. The minimum atomic E-state index is -2.46. The predicted octanol–water partition coefficient (Wildman–Crippen LogP) is 1.24. The van der Waals surface area contributed by atoms with Crippen LogP contribution in [0.25, 0.3) is 0 Å². The maximum atomic E-state index is 17.2. The third-order valence-corrected chi connectivity index (χ3v) is 10.8. The Morgan fingerprint density at radius 3 is 2.59 bits per heavy atom. The van der Waals surface area contributed by atoms with Crippen molar-refractivity contribution in [2.75, 3.05) is 13.2 Å². The second-order valence-corrected chi connectivity index (χ2v) is 13.1. The van der Waals surface area contributed by atoms with E-state index in [1.54, 1.807) is 25.1 Å². The fraction of sp³-hybridized carbons (Fsp3) is 0.562. The normalized spacial score (nSPS) is 36.0. The molecule has 3 saturated carbocycles. The summed E-state index contributed by atoms with van der Waals surface area (Å²) in [5.74, 6) is -4.40. The van der Waals surface area contributed by atoms with E-state index < -0.39 is 82.0 Å². The van der Waals surface area contributed by atoms with Crippen LogP contribution in [0.1, 0.15) is 50.7 Å². The number of esters is 1. The van der Waals surface area contributed by atoms with Crippen molar-refractivity contribution in [2.24, 2.45) is 22.7 Å². The molecule has 3 fully saturated rings. The Labute approximate surface area is 263 Å². The number of Topliss-reactive ketones (excluding diaryl/α,β-unsaturated/α-hetero) is 1. The zero-order valence-corrected chi connectivity index (χ0v) is 25.4. The van der Waals surface area contributed by atoms with Gasteiger partial charge < -0.3 is 30.2 Å². The van der Waals surface area contributed by atoms with Gasteiger partial charge in [-0.15, -0.1) is 10.1 Å². The molecule has 0 spiro atoms. The van der Waals surface area contributed by atoms with Crippen molar-refractivity contribution in [3.05, 3.63) is 69.3 Å². The minimum absolute atomic E-state index is 0.122. The molecule has 4 N–H and O–H groups in total. The van der Waals surface area contributed by atoms with Crippen LogP contribution in [0.5, 0.6) is 0 Å². The predicted molar refractivity (Wildman–Crippen MR) is 156 cm³/mol. The molecule has 0 aromatic heterocycles. The number of alkyl halides is 1. The molecule has 13 nitrogen and oxygen atoms in total. The standard InChI is InChI=1S/C32H37FN2O11/c1-29-9-8-21(36)12-20(29)6-7-22-23-13-24(37)32(42,30(23,2)14-25(38)31(22,29)33)26(39)17-45-28(41)15-34-27(40)11-18-4-3-5-19(10-18)16-46-35(43)44/h3-5,8-10,12,22-25,37-38,42H,6-7,11,13-17H2,1-2H3,(H,34,40)/t22-,23-,24+,25-,29-,30-,31-,32-/m0/s1. The summed E-state index contributed by atoms with van der Waals surface area (Å²) in [7, 11) is 0. The topological polar surface area (TPSA) is 203 Å². The van der Waals surface area contributed by atoms with E-state index in [0.717, 1.165) is 0 Å². The third kappa shape index (κ3) is 5.31. The van der Waals surface area contributed by atoms with Crippen LogP contribution in [0.2, 0.25) is 0 Å². The zero-order valence-electron chi connectivity index (χ0n) is 25.4. The highest BCUT2D eigenvalue weighted by atomic mass is 19.1. The molecular weight excluding hydrogens is 607 g/mol. The van der Waals surface area contributed by atoms with Gasteiger partial charge in [0.15, 0.2) is 23.7 Å². The first-order valence-corrected chi connectivity index (χ1v) is 15.1. The van der Waals surface area contributed by atoms with Crippen molar-refractivity contribution in [1.82, 2.24) is 5.32 Å². The Morgan fingerprint density at radius 1 is 1.15 bits per heavy atom. The van der Waals surface area contributed by atoms with Gasteiger partial charge in [-0.25, -0.2) is 4.39 Å². The van der Waals surface area contributed by atoms with Crippen molar-refractivity contribution in [1.29, 1.82) is 0 Å². The van der Waals surface area contributed by atoms with Gasteiger partial charge in [-0.05, 0) is 61.8 Å². The molecule has 0 aliphatic heterocycles. The summed E-state index contributed by atoms with van der Waals surface area (Å²) in [4.78, 5) is 65.0. The van der Waals surface area contributed by atoms with Gasteiger partial charge in [-0.2, -0.15) is 0 Å². The number of benzene rings is 1. The van der Waals surface area contributed by atoms with Gasteiger partial charge in [0.1, 0.15) is 13.2 Å². The summed E-state index contributed by atoms with van der Waals surface area (Å²) >= 11 is 0. The fourth-order valence-electron chi connectivity index (χ4n) is 8.41. The van der Waals surface area contributed by atoms with Gasteiger partial charge in [-0.3, -0.25) is 19.2 Å². The first kappa shape index (κ1) is 33.4. The van der Waals surface area contributed by atoms with Crippen molar-refractivity contribution in [3.63, 3.8) is 0 Å². The molecular formula is C32H37FN2O11. The highest BCUT2D eigenvalue weighted by Crippen LogP contribution is 2.69. The number of carbonyl (C=O) groups excluding carboxylic acids is 4. The fourth-order valence-corrected chi connectivity index (χ4v) is 8.41. The van der Waals surface area contributed by atoms with Gasteiger partial charge in [0.25, 0.3) is 5.09 Å². The molecule has 4 aliphatic carbocycles. The molecule has 4 aliphatic rings. The van der Waals surface area contributed by atoms with E-state index >= 15 is 4.39 Å². The SMILES string of the molecule is C[C@]12C=CC(=O)C=C1CC[C@H]1[C@@H]3C[C@@H](O)[C@](O)(C(=O)COC(=O)CNC(=O)Cc4cccc(CO[N+](=O)[O-])c4)[C@@]3(C)C[C@H](O)[C@@]12F. The van der Waals surface area contributed by atoms with Gasteiger partial charge in [0.2, 0.25) is 11.7 Å². The zero-order chi connectivity index (χ0) is 33.7. The number of ketones is 2. The number of ether oxygens (including phenoxy) is 1. The molecule has 46 heavy (non-hydrogen) atoms. The van der Waals surface area contributed by atoms with Gasteiger partial charge in [0, 0.05) is 16.7 Å². The van der Waals surface area contributed by atoms with Crippen LogP contribution < -0.4 is 5.32 Å². The van der Waals surface area contributed by atoms with Crippen LogP contribution in [0.3, 0.4) is 0 Å². The van der Waals surface area contributed by atoms with E-state index in [4.69, 9.17) is 4.74 Å².